The number of nitrogens with zero attached hydrogens (tertiary/aromatic N) is 1. The van der Waals surface area contributed by atoms with Gasteiger partial charge in [-0.3, -0.25) is 4.79 Å². The van der Waals surface area contributed by atoms with Gasteiger partial charge in [0.25, 0.3) is 0 Å². The van der Waals surface area contributed by atoms with E-state index in [2.05, 4.69) is 0 Å². The van der Waals surface area contributed by atoms with Crippen LogP contribution < -0.4 is 5.32 Å². The summed E-state index contributed by atoms with van der Waals surface area (Å²) in [5, 5.41) is 10.8. The van der Waals surface area contributed by atoms with Gasteiger partial charge >= 0.3 is 12.1 Å². The lowest BCUT2D eigenvalue weighted by Gasteiger charge is -2.26. The van der Waals surface area contributed by atoms with Crippen LogP contribution in [0, 0.1) is 11.3 Å². The summed E-state index contributed by atoms with van der Waals surface area (Å²) in [7, 11) is 0. The molecule has 3 nitrogen and oxygen atoms in total. The van der Waals surface area contributed by atoms with Crippen LogP contribution in [0.25, 0.3) is 0 Å². The molecule has 0 aromatic rings. The van der Waals surface area contributed by atoms with Crippen molar-refractivity contribution in [2.45, 2.75) is 50.2 Å². The Morgan fingerprint density at radius 3 is 2.06 bits per heavy atom. The van der Waals surface area contributed by atoms with Gasteiger partial charge < -0.3 is 5.32 Å². The highest BCUT2D eigenvalue weighted by atomic mass is 19.4. The number of amides is 1. The van der Waals surface area contributed by atoms with E-state index in [1.54, 1.807) is 0 Å². The average molecular weight is 234 g/mol. The smallest absolute Gasteiger partial charge is 0.330 e. The minimum absolute atomic E-state index is 0.297. The molecule has 0 aromatic heterocycles. The number of rotatable bonds is 1. The Bertz CT molecular complexity index is 298. The maximum absolute atomic E-state index is 12.1. The molecule has 1 saturated carbocycles. The van der Waals surface area contributed by atoms with E-state index in [9.17, 15) is 18.0 Å². The van der Waals surface area contributed by atoms with E-state index in [1.165, 1.54) is 0 Å². The summed E-state index contributed by atoms with van der Waals surface area (Å²) in [6.07, 6.45) is -1.19. The quantitative estimate of drug-likeness (QED) is 0.707. The van der Waals surface area contributed by atoms with Gasteiger partial charge in [-0.05, 0) is 12.8 Å². The molecular formula is C10H13F3N2O. The first-order valence-electron chi connectivity index (χ1n) is 5.20. The number of hydrogen-bond donors (Lipinski definition) is 1. The van der Waals surface area contributed by atoms with Crippen LogP contribution in [0.2, 0.25) is 0 Å². The van der Waals surface area contributed by atoms with Crippen molar-refractivity contribution in [1.29, 1.82) is 5.26 Å². The average Bonchev–Trinajstić information content (AvgIpc) is 2.43. The summed E-state index contributed by atoms with van der Waals surface area (Å²) in [5.74, 6) is -2.02. The molecule has 0 aliphatic heterocycles. The molecule has 0 radical (unpaired) electrons. The van der Waals surface area contributed by atoms with E-state index in [0.29, 0.717) is 25.7 Å². The SMILES string of the molecule is N#CC1(NC(=O)C(F)(F)F)CCCCCC1. The Morgan fingerprint density at radius 2 is 1.69 bits per heavy atom. The number of carbonyl (C=O) groups excluding carboxylic acids is 1. The lowest BCUT2D eigenvalue weighted by atomic mass is 9.92. The monoisotopic (exact) mass is 234 g/mol. The third-order valence-electron chi connectivity index (χ3n) is 2.78. The molecule has 1 fully saturated rings. The van der Waals surface area contributed by atoms with E-state index in [4.69, 9.17) is 5.26 Å². The van der Waals surface area contributed by atoms with Gasteiger partial charge in [-0.25, -0.2) is 0 Å². The molecular weight excluding hydrogens is 221 g/mol. The second-order valence-electron chi connectivity index (χ2n) is 4.06. The van der Waals surface area contributed by atoms with Crippen LogP contribution in [-0.2, 0) is 4.79 Å². The van der Waals surface area contributed by atoms with Crippen molar-refractivity contribution in [3.63, 3.8) is 0 Å². The van der Waals surface area contributed by atoms with Crippen LogP contribution in [0.3, 0.4) is 0 Å². The van der Waals surface area contributed by atoms with E-state index >= 15 is 0 Å². The van der Waals surface area contributed by atoms with Crippen LogP contribution in [0.15, 0.2) is 0 Å². The van der Waals surface area contributed by atoms with E-state index in [1.807, 2.05) is 11.4 Å². The number of carbonyl (C=O) groups is 1. The van der Waals surface area contributed by atoms with Gasteiger partial charge in [-0.15, -0.1) is 0 Å². The Hall–Kier alpha value is -1.25. The van der Waals surface area contributed by atoms with Crippen molar-refractivity contribution < 1.29 is 18.0 Å². The molecule has 1 rings (SSSR count). The molecule has 0 unspecified atom stereocenters. The summed E-state index contributed by atoms with van der Waals surface area (Å²) >= 11 is 0. The summed E-state index contributed by atoms with van der Waals surface area (Å²) in [4.78, 5) is 10.8. The van der Waals surface area contributed by atoms with E-state index in [0.717, 1.165) is 12.8 Å². The van der Waals surface area contributed by atoms with Gasteiger partial charge in [-0.1, -0.05) is 25.7 Å². The molecule has 0 aromatic carbocycles. The van der Waals surface area contributed by atoms with Crippen molar-refractivity contribution in [3.8, 4) is 6.07 Å². The van der Waals surface area contributed by atoms with Crippen molar-refractivity contribution in [2.24, 2.45) is 0 Å². The molecule has 0 bridgehead atoms. The third kappa shape index (κ3) is 3.12. The zero-order valence-corrected chi connectivity index (χ0v) is 8.73. The van der Waals surface area contributed by atoms with Crippen molar-refractivity contribution in [3.05, 3.63) is 0 Å². The molecule has 90 valence electrons. The van der Waals surface area contributed by atoms with Crippen molar-refractivity contribution in [2.75, 3.05) is 0 Å². The van der Waals surface area contributed by atoms with Crippen molar-refractivity contribution in [1.82, 2.24) is 5.32 Å². The van der Waals surface area contributed by atoms with Crippen LogP contribution >= 0.6 is 0 Å². The topological polar surface area (TPSA) is 52.9 Å². The first kappa shape index (κ1) is 12.8. The Kier molecular flexibility index (Phi) is 3.79. The molecule has 1 aliphatic rings. The van der Waals surface area contributed by atoms with Gasteiger partial charge in [0.1, 0.15) is 5.54 Å². The standard InChI is InChI=1S/C10H13F3N2O/c11-10(12,13)8(16)15-9(7-14)5-3-1-2-4-6-9/h1-6H2,(H,15,16). The molecule has 0 heterocycles. The zero-order valence-electron chi connectivity index (χ0n) is 8.73. The minimum atomic E-state index is -4.92. The lowest BCUT2D eigenvalue weighted by Crippen LogP contribution is -2.51. The molecule has 1 N–H and O–H groups in total. The fraction of sp³-hybridized carbons (Fsp3) is 0.800. The van der Waals surface area contributed by atoms with Gasteiger partial charge in [0, 0.05) is 0 Å². The van der Waals surface area contributed by atoms with Crippen LogP contribution in [0.4, 0.5) is 13.2 Å². The highest BCUT2D eigenvalue weighted by molar-refractivity contribution is 5.82. The Balaban J connectivity index is 2.74. The number of nitriles is 1. The second kappa shape index (κ2) is 4.73. The normalized spacial score (nSPS) is 20.6. The predicted molar refractivity (Wildman–Crippen MR) is 50.2 cm³/mol. The van der Waals surface area contributed by atoms with Crippen LogP contribution in [-0.4, -0.2) is 17.6 Å². The van der Waals surface area contributed by atoms with Gasteiger partial charge in [0.05, 0.1) is 6.07 Å². The molecule has 16 heavy (non-hydrogen) atoms. The molecule has 6 heteroatoms. The van der Waals surface area contributed by atoms with Crippen LogP contribution in [0.5, 0.6) is 0 Å². The molecule has 0 spiro atoms. The third-order valence-corrected chi connectivity index (χ3v) is 2.78. The highest BCUT2D eigenvalue weighted by Gasteiger charge is 2.44. The summed E-state index contributed by atoms with van der Waals surface area (Å²) < 4.78 is 36.3. The summed E-state index contributed by atoms with van der Waals surface area (Å²) in [6, 6.07) is 1.83. The van der Waals surface area contributed by atoms with Gasteiger partial charge in [0.2, 0.25) is 0 Å². The lowest BCUT2D eigenvalue weighted by molar-refractivity contribution is -0.175. The maximum Gasteiger partial charge on any atom is 0.471 e. The second-order valence-corrected chi connectivity index (χ2v) is 4.06. The number of hydrogen-bond acceptors (Lipinski definition) is 2. The van der Waals surface area contributed by atoms with E-state index in [-0.39, 0.29) is 0 Å². The molecule has 0 atom stereocenters. The Labute approximate surface area is 91.6 Å². The van der Waals surface area contributed by atoms with Gasteiger partial charge in [-0.2, -0.15) is 18.4 Å². The van der Waals surface area contributed by atoms with Gasteiger partial charge in [0.15, 0.2) is 0 Å². The summed E-state index contributed by atoms with van der Waals surface area (Å²) in [5.41, 5.74) is -1.33. The first-order valence-corrected chi connectivity index (χ1v) is 5.20. The fourth-order valence-corrected chi connectivity index (χ4v) is 1.89. The largest absolute Gasteiger partial charge is 0.471 e. The number of alkyl halides is 3. The molecule has 1 amide bonds. The molecule has 0 saturated heterocycles. The predicted octanol–water partition coefficient (Wildman–Crippen LogP) is 2.28. The minimum Gasteiger partial charge on any atom is -0.330 e. The van der Waals surface area contributed by atoms with Crippen LogP contribution in [0.1, 0.15) is 38.5 Å². The first-order chi connectivity index (χ1) is 7.40. The summed E-state index contributed by atoms with van der Waals surface area (Å²) in [6.45, 7) is 0. The maximum atomic E-state index is 12.1. The van der Waals surface area contributed by atoms with E-state index < -0.39 is 17.6 Å². The zero-order chi connectivity index (χ0) is 12.2. The number of halogens is 3. The Morgan fingerprint density at radius 1 is 1.19 bits per heavy atom. The van der Waals surface area contributed by atoms with Crippen molar-refractivity contribution >= 4 is 5.91 Å². The molecule has 1 aliphatic carbocycles. The highest BCUT2D eigenvalue weighted by Crippen LogP contribution is 2.28. The number of nitrogens with one attached hydrogen (secondary N) is 1. The fourth-order valence-electron chi connectivity index (χ4n) is 1.89.